The molecule has 0 saturated carbocycles. The van der Waals surface area contributed by atoms with Gasteiger partial charge in [0, 0.05) is 15.8 Å². The Morgan fingerprint density at radius 2 is 2.29 bits per heavy atom. The zero-order valence-corrected chi connectivity index (χ0v) is 10.5. The molecule has 0 aliphatic heterocycles. The summed E-state index contributed by atoms with van der Waals surface area (Å²) in [5, 5.41) is 3.03. The number of aryl methyl sites for hydroxylation is 1. The number of aliphatic imine (C=N–C) groups is 1. The van der Waals surface area contributed by atoms with Gasteiger partial charge in [-0.05, 0) is 54.1 Å². The van der Waals surface area contributed by atoms with E-state index in [1.165, 1.54) is 9.13 Å². The van der Waals surface area contributed by atoms with Gasteiger partial charge in [-0.2, -0.15) is 0 Å². The molecule has 1 rings (SSSR count). The summed E-state index contributed by atoms with van der Waals surface area (Å²) < 4.78 is 1.22. The summed E-state index contributed by atoms with van der Waals surface area (Å²) in [6.07, 6.45) is 0. The van der Waals surface area contributed by atoms with E-state index in [-0.39, 0.29) is 0 Å². The molecule has 0 spiro atoms. The number of rotatable bonds is 2. The first-order chi connectivity index (χ1) is 6.63. The predicted molar refractivity (Wildman–Crippen MR) is 69.7 cm³/mol. The van der Waals surface area contributed by atoms with Gasteiger partial charge in [0.05, 0.1) is 0 Å². The maximum absolute atomic E-state index is 5.64. The molecule has 3 nitrogen and oxygen atoms in total. The van der Waals surface area contributed by atoms with Gasteiger partial charge >= 0.3 is 0 Å². The molecule has 0 saturated heterocycles. The quantitative estimate of drug-likeness (QED) is 0.500. The lowest BCUT2D eigenvalue weighted by Gasteiger charge is -2.06. The number of guanidine groups is 1. The second-order valence-electron chi connectivity index (χ2n) is 2.95. The Morgan fingerprint density at radius 3 is 2.86 bits per heavy atom. The number of anilines is 1. The minimum absolute atomic E-state index is 0.465. The summed E-state index contributed by atoms with van der Waals surface area (Å²) in [6.45, 7) is 4.73. The zero-order valence-electron chi connectivity index (χ0n) is 8.34. The molecule has 76 valence electrons. The Balaban J connectivity index is 2.78. The first-order valence-corrected chi connectivity index (χ1v) is 5.54. The summed E-state index contributed by atoms with van der Waals surface area (Å²) in [7, 11) is 0. The van der Waals surface area contributed by atoms with E-state index in [0.29, 0.717) is 12.5 Å². The summed E-state index contributed by atoms with van der Waals surface area (Å²) >= 11 is 2.30. The fourth-order valence-corrected chi connectivity index (χ4v) is 1.54. The van der Waals surface area contributed by atoms with Crippen LogP contribution in [0.2, 0.25) is 0 Å². The van der Waals surface area contributed by atoms with Crippen LogP contribution in [0.5, 0.6) is 0 Å². The van der Waals surface area contributed by atoms with Crippen molar-refractivity contribution < 1.29 is 0 Å². The Bertz CT molecular complexity index is 347. The van der Waals surface area contributed by atoms with Crippen molar-refractivity contribution in [1.29, 1.82) is 0 Å². The van der Waals surface area contributed by atoms with E-state index in [1.807, 2.05) is 19.1 Å². The second kappa shape index (κ2) is 5.19. The molecule has 0 aliphatic rings. The van der Waals surface area contributed by atoms with Gasteiger partial charge in [-0.1, -0.05) is 6.07 Å². The monoisotopic (exact) mass is 303 g/mol. The van der Waals surface area contributed by atoms with Crippen LogP contribution in [0.15, 0.2) is 23.2 Å². The van der Waals surface area contributed by atoms with Gasteiger partial charge in [-0.15, -0.1) is 0 Å². The van der Waals surface area contributed by atoms with Crippen LogP contribution in [0, 0.1) is 10.5 Å². The molecular formula is C10H14IN3. The Hall–Kier alpha value is -0.780. The molecule has 1 aromatic carbocycles. The molecule has 4 heteroatoms. The van der Waals surface area contributed by atoms with Crippen molar-refractivity contribution in [2.75, 3.05) is 11.9 Å². The third kappa shape index (κ3) is 3.17. The van der Waals surface area contributed by atoms with Crippen molar-refractivity contribution in [2.45, 2.75) is 13.8 Å². The van der Waals surface area contributed by atoms with Crippen molar-refractivity contribution in [2.24, 2.45) is 10.7 Å². The van der Waals surface area contributed by atoms with Crippen LogP contribution in [0.25, 0.3) is 0 Å². The van der Waals surface area contributed by atoms with E-state index < -0.39 is 0 Å². The normalized spacial score (nSPS) is 11.5. The summed E-state index contributed by atoms with van der Waals surface area (Å²) in [6, 6.07) is 6.10. The topological polar surface area (TPSA) is 50.4 Å². The van der Waals surface area contributed by atoms with Crippen LogP contribution in [0.1, 0.15) is 12.5 Å². The minimum Gasteiger partial charge on any atom is -0.370 e. The number of nitrogens with one attached hydrogen (secondary N) is 1. The van der Waals surface area contributed by atoms with Crippen LogP contribution < -0.4 is 11.1 Å². The molecule has 3 N–H and O–H groups in total. The highest BCUT2D eigenvalue weighted by Crippen LogP contribution is 2.16. The van der Waals surface area contributed by atoms with Gasteiger partial charge in [-0.25, -0.2) is 0 Å². The van der Waals surface area contributed by atoms with E-state index in [2.05, 4.69) is 45.9 Å². The minimum atomic E-state index is 0.465. The van der Waals surface area contributed by atoms with Crippen molar-refractivity contribution in [3.8, 4) is 0 Å². The third-order valence-corrected chi connectivity index (χ3v) is 2.93. The van der Waals surface area contributed by atoms with Crippen LogP contribution in [-0.4, -0.2) is 12.5 Å². The van der Waals surface area contributed by atoms with Crippen molar-refractivity contribution in [3.05, 3.63) is 27.3 Å². The number of hydrogen-bond donors (Lipinski definition) is 2. The molecule has 0 atom stereocenters. The van der Waals surface area contributed by atoms with Crippen LogP contribution >= 0.6 is 22.6 Å². The zero-order chi connectivity index (χ0) is 10.6. The molecule has 0 bridgehead atoms. The van der Waals surface area contributed by atoms with Crippen LogP contribution in [0.4, 0.5) is 5.69 Å². The van der Waals surface area contributed by atoms with Gasteiger partial charge in [0.15, 0.2) is 5.96 Å². The standard InChI is InChI=1S/C10H14IN3/c1-3-13-10(12)14-8-5-4-7(2)9(11)6-8/h4-6H,3H2,1-2H3,(H3,12,13,14). The molecule has 14 heavy (non-hydrogen) atoms. The molecule has 0 aliphatic carbocycles. The fourth-order valence-electron chi connectivity index (χ4n) is 1.03. The number of halogens is 1. The molecular weight excluding hydrogens is 289 g/mol. The number of nitrogens with two attached hydrogens (primary N) is 1. The highest BCUT2D eigenvalue weighted by Gasteiger charge is 1.97. The van der Waals surface area contributed by atoms with Gasteiger partial charge in [-0.3, -0.25) is 4.99 Å². The highest BCUT2D eigenvalue weighted by atomic mass is 127. The maximum atomic E-state index is 5.64. The SMILES string of the molecule is CCN=C(N)Nc1ccc(C)c(I)c1. The smallest absolute Gasteiger partial charge is 0.193 e. The van der Waals surface area contributed by atoms with Crippen LogP contribution in [-0.2, 0) is 0 Å². The Morgan fingerprint density at radius 1 is 1.57 bits per heavy atom. The summed E-state index contributed by atoms with van der Waals surface area (Å²) in [4.78, 5) is 4.05. The Labute approximate surface area is 97.9 Å². The van der Waals surface area contributed by atoms with E-state index in [4.69, 9.17) is 5.73 Å². The summed E-state index contributed by atoms with van der Waals surface area (Å²) in [5.74, 6) is 0.465. The van der Waals surface area contributed by atoms with Gasteiger partial charge in [0.25, 0.3) is 0 Å². The van der Waals surface area contributed by atoms with E-state index in [9.17, 15) is 0 Å². The Kier molecular flexibility index (Phi) is 4.19. The lowest BCUT2D eigenvalue weighted by molar-refractivity contribution is 1.12. The summed E-state index contributed by atoms with van der Waals surface area (Å²) in [5.41, 5.74) is 7.89. The van der Waals surface area contributed by atoms with Gasteiger partial charge in [0.1, 0.15) is 0 Å². The number of benzene rings is 1. The molecule has 0 heterocycles. The average molecular weight is 303 g/mol. The van der Waals surface area contributed by atoms with Gasteiger partial charge in [0.2, 0.25) is 0 Å². The number of hydrogen-bond acceptors (Lipinski definition) is 1. The fraction of sp³-hybridized carbons (Fsp3) is 0.300. The second-order valence-corrected chi connectivity index (χ2v) is 4.11. The number of nitrogens with zero attached hydrogens (tertiary/aromatic N) is 1. The van der Waals surface area contributed by atoms with E-state index >= 15 is 0 Å². The first-order valence-electron chi connectivity index (χ1n) is 4.46. The van der Waals surface area contributed by atoms with Crippen molar-refractivity contribution in [3.63, 3.8) is 0 Å². The lowest BCUT2D eigenvalue weighted by atomic mass is 10.2. The van der Waals surface area contributed by atoms with Crippen LogP contribution in [0.3, 0.4) is 0 Å². The maximum Gasteiger partial charge on any atom is 0.193 e. The largest absolute Gasteiger partial charge is 0.370 e. The molecule has 0 radical (unpaired) electrons. The predicted octanol–water partition coefficient (Wildman–Crippen LogP) is 2.35. The molecule has 0 unspecified atom stereocenters. The van der Waals surface area contributed by atoms with Crippen molar-refractivity contribution >= 4 is 34.2 Å². The van der Waals surface area contributed by atoms with Gasteiger partial charge < -0.3 is 11.1 Å². The van der Waals surface area contributed by atoms with E-state index in [1.54, 1.807) is 0 Å². The van der Waals surface area contributed by atoms with E-state index in [0.717, 1.165) is 5.69 Å². The molecule has 0 amide bonds. The molecule has 0 aromatic heterocycles. The lowest BCUT2D eigenvalue weighted by Crippen LogP contribution is -2.22. The third-order valence-electron chi connectivity index (χ3n) is 1.77. The average Bonchev–Trinajstić information content (AvgIpc) is 2.12. The first kappa shape index (κ1) is 11.3. The van der Waals surface area contributed by atoms with Crippen molar-refractivity contribution in [1.82, 2.24) is 0 Å². The molecule has 1 aromatic rings. The molecule has 0 fully saturated rings. The highest BCUT2D eigenvalue weighted by molar-refractivity contribution is 14.1.